The Kier molecular flexibility index (Phi) is 8.78. The molecule has 3 fully saturated rings. The lowest BCUT2D eigenvalue weighted by atomic mass is 9.61. The molecule has 0 aromatic carbocycles. The molecule has 0 radical (unpaired) electrons. The van der Waals surface area contributed by atoms with Crippen LogP contribution in [0.5, 0.6) is 0 Å². The maximum absolute atomic E-state index is 14.0. The lowest BCUT2D eigenvalue weighted by molar-refractivity contribution is -0.184. The van der Waals surface area contributed by atoms with E-state index < -0.39 is 24.6 Å². The van der Waals surface area contributed by atoms with Crippen molar-refractivity contribution in [2.24, 2.45) is 16.7 Å². The summed E-state index contributed by atoms with van der Waals surface area (Å²) in [5.74, 6) is 5.02. The minimum absolute atomic E-state index is 0.00435. The molecule has 0 heterocycles. The third kappa shape index (κ3) is 7.31. The van der Waals surface area contributed by atoms with E-state index in [-0.39, 0.29) is 17.8 Å². The average Bonchev–Trinajstić information content (AvgIpc) is 3.45. The van der Waals surface area contributed by atoms with Gasteiger partial charge in [-0.05, 0) is 80.3 Å². The molecule has 8 heteroatoms. The topological polar surface area (TPSA) is 20.2 Å². The van der Waals surface area contributed by atoms with Crippen LogP contribution in [0.15, 0.2) is 47.1 Å². The van der Waals surface area contributed by atoms with Crippen LogP contribution in [0, 0.1) is 28.6 Å². The second-order valence-electron chi connectivity index (χ2n) is 11.0. The van der Waals surface area contributed by atoms with Gasteiger partial charge < -0.3 is 5.11 Å². The number of aliphatic hydroxyl groups excluding tert-OH is 1. The lowest BCUT2D eigenvalue weighted by Gasteiger charge is -2.43. The maximum Gasteiger partial charge on any atom is 0.425 e. The summed E-state index contributed by atoms with van der Waals surface area (Å²) in [5, 5.41) is 9.19. The van der Waals surface area contributed by atoms with Gasteiger partial charge >= 0.3 is 12.4 Å². The molecule has 4 rings (SSSR count). The fourth-order valence-corrected chi connectivity index (χ4v) is 6.14. The summed E-state index contributed by atoms with van der Waals surface area (Å²) in [4.78, 5) is 0. The van der Waals surface area contributed by atoms with Gasteiger partial charge in [0.2, 0.25) is 6.10 Å². The van der Waals surface area contributed by atoms with Gasteiger partial charge in [-0.1, -0.05) is 54.7 Å². The molecule has 3 saturated carbocycles. The summed E-state index contributed by atoms with van der Waals surface area (Å²) in [6.45, 7) is 6.43. The SMILES string of the molecule is C=C1/C(=C\C=C2/CCCC3(C)C(C4(CC#CC(O)C(F)(F)F)CC4)=CCC23)CCCC1F.CC(F)(F)F. The minimum Gasteiger partial charge on any atom is -0.372 e. The van der Waals surface area contributed by atoms with E-state index in [0.717, 1.165) is 56.9 Å². The van der Waals surface area contributed by atoms with E-state index in [4.69, 9.17) is 0 Å². The number of hydrogen-bond donors (Lipinski definition) is 1. The normalized spacial score (nSPS) is 32.1. The Hall–Kier alpha value is -2.01. The van der Waals surface area contributed by atoms with Gasteiger partial charge in [0.1, 0.15) is 6.17 Å². The minimum atomic E-state index is -4.70. The molecule has 0 aromatic heterocycles. The van der Waals surface area contributed by atoms with Crippen LogP contribution in [-0.2, 0) is 0 Å². The fraction of sp³-hybridized carbons (Fsp3) is 0.655. The second kappa shape index (κ2) is 11.0. The van der Waals surface area contributed by atoms with Gasteiger partial charge in [-0.25, -0.2) is 4.39 Å². The van der Waals surface area contributed by atoms with Gasteiger partial charge in [0.05, 0.1) is 0 Å². The highest BCUT2D eigenvalue weighted by Crippen LogP contribution is 2.67. The van der Waals surface area contributed by atoms with Crippen LogP contribution < -0.4 is 0 Å². The van der Waals surface area contributed by atoms with E-state index in [1.807, 2.05) is 5.92 Å². The van der Waals surface area contributed by atoms with Crippen LogP contribution in [-0.4, -0.2) is 29.7 Å². The van der Waals surface area contributed by atoms with E-state index in [1.165, 1.54) is 11.1 Å². The number of fused-ring (bicyclic) bond motifs is 1. The van der Waals surface area contributed by atoms with Crippen LogP contribution in [0.4, 0.5) is 30.7 Å². The van der Waals surface area contributed by atoms with Gasteiger partial charge in [0.15, 0.2) is 0 Å². The first-order chi connectivity index (χ1) is 17.1. The third-order valence-electron chi connectivity index (χ3n) is 8.14. The molecule has 1 nitrogen and oxygen atoms in total. The number of halogens is 7. The summed E-state index contributed by atoms with van der Waals surface area (Å²) in [6.07, 6.45) is 3.02. The Morgan fingerprint density at radius 3 is 2.35 bits per heavy atom. The molecule has 4 aliphatic carbocycles. The van der Waals surface area contributed by atoms with Gasteiger partial charge in [-0.2, -0.15) is 26.3 Å². The molecular weight excluding hydrogens is 497 g/mol. The number of rotatable bonds is 3. The predicted molar refractivity (Wildman–Crippen MR) is 130 cm³/mol. The van der Waals surface area contributed by atoms with Crippen molar-refractivity contribution in [3.05, 3.63) is 47.1 Å². The van der Waals surface area contributed by atoms with Gasteiger partial charge in [0, 0.05) is 18.8 Å². The Morgan fingerprint density at radius 1 is 1.11 bits per heavy atom. The smallest absolute Gasteiger partial charge is 0.372 e. The lowest BCUT2D eigenvalue weighted by Crippen LogP contribution is -2.33. The first-order valence-electron chi connectivity index (χ1n) is 12.8. The fourth-order valence-electron chi connectivity index (χ4n) is 6.14. The monoisotopic (exact) mass is 532 g/mol. The third-order valence-corrected chi connectivity index (χ3v) is 8.14. The molecule has 4 unspecified atom stereocenters. The Balaban J connectivity index is 0.000000695. The summed E-state index contributed by atoms with van der Waals surface area (Å²) in [6, 6.07) is 0. The van der Waals surface area contributed by atoms with E-state index in [2.05, 4.69) is 37.7 Å². The zero-order chi connectivity index (χ0) is 27.6. The molecule has 37 heavy (non-hydrogen) atoms. The van der Waals surface area contributed by atoms with Crippen molar-refractivity contribution >= 4 is 0 Å². The molecule has 0 spiro atoms. The van der Waals surface area contributed by atoms with E-state index in [0.29, 0.717) is 24.3 Å². The molecule has 4 aliphatic rings. The molecule has 0 amide bonds. The van der Waals surface area contributed by atoms with Crippen LogP contribution in [0.1, 0.15) is 78.1 Å². The first-order valence-corrected chi connectivity index (χ1v) is 12.8. The van der Waals surface area contributed by atoms with Crippen molar-refractivity contribution < 1.29 is 35.8 Å². The van der Waals surface area contributed by atoms with Gasteiger partial charge in [-0.15, -0.1) is 0 Å². The molecule has 206 valence electrons. The molecular formula is C29H35F7O. The molecule has 0 aliphatic heterocycles. The van der Waals surface area contributed by atoms with Crippen LogP contribution in [0.25, 0.3) is 0 Å². The first kappa shape index (κ1) is 29.5. The highest BCUT2D eigenvalue weighted by molar-refractivity contribution is 5.42. The largest absolute Gasteiger partial charge is 0.425 e. The maximum atomic E-state index is 14.0. The molecule has 0 aromatic rings. The highest BCUT2D eigenvalue weighted by Gasteiger charge is 2.56. The van der Waals surface area contributed by atoms with Crippen LogP contribution in [0.3, 0.4) is 0 Å². The molecule has 0 bridgehead atoms. The number of aliphatic hydroxyl groups is 1. The zero-order valence-corrected chi connectivity index (χ0v) is 21.3. The summed E-state index contributed by atoms with van der Waals surface area (Å²) < 4.78 is 82.8. The van der Waals surface area contributed by atoms with E-state index in [1.54, 1.807) is 0 Å². The number of alkyl halides is 7. The standard InChI is InChI=1S/C27H32F4O.C2H3F3/c1-18-19(6-3-8-22(18)28)10-11-20-7-4-14-25(2)21(20)12-13-23(25)26(16-17-26)15-5-9-24(32)27(29,30)31;1-2(3,4)5/h10-11,13,21-22,24,32H,1,3-4,6-8,12,14-17H2,2H3;1H3/b19-10-,20-11+;. The van der Waals surface area contributed by atoms with Crippen molar-refractivity contribution in [3.63, 3.8) is 0 Å². The van der Waals surface area contributed by atoms with Crippen molar-refractivity contribution in [2.45, 2.75) is 103 Å². The van der Waals surface area contributed by atoms with Crippen LogP contribution >= 0.6 is 0 Å². The number of hydrogen-bond acceptors (Lipinski definition) is 1. The van der Waals surface area contributed by atoms with Crippen molar-refractivity contribution in [2.75, 3.05) is 0 Å². The summed E-state index contributed by atoms with van der Waals surface area (Å²) in [5.41, 5.74) is 4.24. The van der Waals surface area contributed by atoms with Gasteiger partial charge in [0.25, 0.3) is 0 Å². The molecule has 1 N–H and O–H groups in total. The highest BCUT2D eigenvalue weighted by atomic mass is 19.4. The van der Waals surface area contributed by atoms with Gasteiger partial charge in [-0.3, -0.25) is 0 Å². The summed E-state index contributed by atoms with van der Waals surface area (Å²) in [7, 11) is 0. The van der Waals surface area contributed by atoms with Crippen molar-refractivity contribution in [3.8, 4) is 11.8 Å². The van der Waals surface area contributed by atoms with Crippen LogP contribution in [0.2, 0.25) is 0 Å². The Morgan fingerprint density at radius 2 is 1.76 bits per heavy atom. The average molecular weight is 533 g/mol. The van der Waals surface area contributed by atoms with E-state index >= 15 is 0 Å². The molecule has 0 saturated heterocycles. The van der Waals surface area contributed by atoms with Crippen molar-refractivity contribution in [1.82, 2.24) is 0 Å². The summed E-state index contributed by atoms with van der Waals surface area (Å²) >= 11 is 0. The predicted octanol–water partition coefficient (Wildman–Crippen LogP) is 8.72. The zero-order valence-electron chi connectivity index (χ0n) is 21.3. The Bertz CT molecular complexity index is 1010. The van der Waals surface area contributed by atoms with E-state index in [9.17, 15) is 35.8 Å². The second-order valence-corrected chi connectivity index (χ2v) is 11.0. The number of allylic oxidation sites excluding steroid dienone is 7. The van der Waals surface area contributed by atoms with Crippen molar-refractivity contribution in [1.29, 1.82) is 0 Å². The molecule has 4 atom stereocenters. The Labute approximate surface area is 214 Å². The quantitative estimate of drug-likeness (QED) is 0.219.